The molecule has 0 fully saturated rings. The van der Waals surface area contributed by atoms with Gasteiger partial charge < -0.3 is 9.13 Å². The molecule has 2 heterocycles. The summed E-state index contributed by atoms with van der Waals surface area (Å²) in [4.78, 5) is 0. The van der Waals surface area contributed by atoms with Crippen LogP contribution in [0.3, 0.4) is 0 Å². The Labute approximate surface area is 393 Å². The van der Waals surface area contributed by atoms with Crippen LogP contribution in [0.4, 0.5) is 0 Å². The lowest BCUT2D eigenvalue weighted by Crippen LogP contribution is -2.43. The molecule has 16 rings (SSSR count). The number of nitrogens with zero attached hydrogens (tertiary/aromatic N) is 2. The second-order valence-electron chi connectivity index (χ2n) is 19.0. The Morgan fingerprint density at radius 3 is 1.35 bits per heavy atom. The average molecular weight is 861 g/mol. The first-order valence-electron chi connectivity index (χ1n) is 23.8. The second-order valence-corrected chi connectivity index (χ2v) is 19.0. The number of fused-ring (bicyclic) bond motifs is 24. The molecule has 0 saturated heterocycles. The standard InChI is InChI=1S/C66H40N2/c1-2-19-42(20-3-1)67-60-33-17-9-25-48(60)49-36-35-43(38-62(49)67)68-61-37-34-41-18-4-5-21-44(41)64(61)51-39-50-47-24-8-12-28-54(47)66(59(50)40-63(51)68)57-31-15-13-29-55(57)65(56-30-14-16-32-58(56)66)52-26-10-6-22-45(52)46-23-7-11-27-53(46)65/h1-40H. The van der Waals surface area contributed by atoms with Crippen molar-refractivity contribution in [1.29, 1.82) is 0 Å². The molecule has 0 unspecified atom stereocenters. The Kier molecular flexibility index (Phi) is 6.98. The van der Waals surface area contributed by atoms with Gasteiger partial charge in [0.1, 0.15) is 0 Å². The van der Waals surface area contributed by atoms with Crippen LogP contribution < -0.4 is 0 Å². The van der Waals surface area contributed by atoms with Crippen LogP contribution in [0.15, 0.2) is 243 Å². The van der Waals surface area contributed by atoms with Gasteiger partial charge in [0.25, 0.3) is 0 Å². The number of benzene rings is 11. The fourth-order valence-electron chi connectivity index (χ4n) is 13.7. The monoisotopic (exact) mass is 860 g/mol. The smallest absolute Gasteiger partial charge is 0.0720 e. The highest BCUT2D eigenvalue weighted by molar-refractivity contribution is 6.23. The maximum absolute atomic E-state index is 2.60. The third-order valence-corrected chi connectivity index (χ3v) is 16.2. The summed E-state index contributed by atoms with van der Waals surface area (Å²) in [6.07, 6.45) is 0. The predicted molar refractivity (Wildman–Crippen MR) is 281 cm³/mol. The summed E-state index contributed by atoms with van der Waals surface area (Å²) in [6, 6.07) is 91.9. The minimum Gasteiger partial charge on any atom is -0.309 e. The lowest BCUT2D eigenvalue weighted by molar-refractivity contribution is 0.633. The van der Waals surface area contributed by atoms with E-state index in [-0.39, 0.29) is 0 Å². The molecular weight excluding hydrogens is 821 g/mol. The van der Waals surface area contributed by atoms with E-state index in [9.17, 15) is 0 Å². The Morgan fingerprint density at radius 1 is 0.235 bits per heavy atom. The minimum atomic E-state index is -0.599. The molecule has 68 heavy (non-hydrogen) atoms. The molecule has 0 radical (unpaired) electrons. The molecule has 2 aromatic heterocycles. The van der Waals surface area contributed by atoms with Crippen molar-refractivity contribution in [3.8, 4) is 33.6 Å². The quantitative estimate of drug-likeness (QED) is 0.164. The van der Waals surface area contributed by atoms with Crippen LogP contribution >= 0.6 is 0 Å². The zero-order chi connectivity index (χ0) is 44.3. The summed E-state index contributed by atoms with van der Waals surface area (Å²) in [6.45, 7) is 0. The maximum atomic E-state index is 2.60. The first kappa shape index (κ1) is 36.5. The fourth-order valence-corrected chi connectivity index (χ4v) is 13.7. The van der Waals surface area contributed by atoms with Crippen molar-refractivity contribution >= 4 is 54.4 Å². The van der Waals surface area contributed by atoms with Gasteiger partial charge in [0.2, 0.25) is 0 Å². The van der Waals surface area contributed by atoms with Crippen molar-refractivity contribution in [3.63, 3.8) is 0 Å². The number of hydrogen-bond donors (Lipinski definition) is 0. The molecule has 13 aromatic rings. The number of rotatable bonds is 2. The van der Waals surface area contributed by atoms with Gasteiger partial charge in [-0.1, -0.05) is 194 Å². The number of hydrogen-bond acceptors (Lipinski definition) is 0. The molecule has 314 valence electrons. The van der Waals surface area contributed by atoms with E-state index >= 15 is 0 Å². The summed E-state index contributed by atoms with van der Waals surface area (Å²) in [7, 11) is 0. The van der Waals surface area contributed by atoms with E-state index in [4.69, 9.17) is 0 Å². The van der Waals surface area contributed by atoms with Crippen LogP contribution in [-0.4, -0.2) is 9.13 Å². The lowest BCUT2D eigenvalue weighted by atomic mass is 9.52. The summed E-state index contributed by atoms with van der Waals surface area (Å²) in [5, 5.41) is 7.55. The van der Waals surface area contributed by atoms with E-state index in [0.29, 0.717) is 0 Å². The van der Waals surface area contributed by atoms with E-state index in [1.165, 1.54) is 121 Å². The number of aromatic nitrogens is 2. The van der Waals surface area contributed by atoms with Gasteiger partial charge in [-0.15, -0.1) is 0 Å². The van der Waals surface area contributed by atoms with Crippen molar-refractivity contribution in [3.05, 3.63) is 287 Å². The molecule has 11 aromatic carbocycles. The van der Waals surface area contributed by atoms with Gasteiger partial charge in [0.15, 0.2) is 0 Å². The SMILES string of the molecule is c1ccc(-n2c3ccccc3c3ccc(-n4c5cc6c(cc5c5c7ccccc7ccc54)-c4ccccc4C64c5ccccc5C5(c6ccccc6-c6ccccc65)c5ccccc54)cc32)cc1. The highest BCUT2D eigenvalue weighted by Crippen LogP contribution is 2.67. The van der Waals surface area contributed by atoms with Crippen LogP contribution in [0.25, 0.3) is 88.0 Å². The molecule has 2 heteroatoms. The van der Waals surface area contributed by atoms with Crippen molar-refractivity contribution in [2.45, 2.75) is 10.8 Å². The molecule has 0 saturated carbocycles. The van der Waals surface area contributed by atoms with Gasteiger partial charge in [-0.2, -0.15) is 0 Å². The molecule has 0 amide bonds. The van der Waals surface area contributed by atoms with Crippen molar-refractivity contribution < 1.29 is 0 Å². The summed E-state index contributed by atoms with van der Waals surface area (Å²) >= 11 is 0. The number of para-hydroxylation sites is 2. The lowest BCUT2D eigenvalue weighted by Gasteiger charge is -2.48. The van der Waals surface area contributed by atoms with Crippen molar-refractivity contribution in [1.82, 2.24) is 9.13 Å². The van der Waals surface area contributed by atoms with Gasteiger partial charge in [0, 0.05) is 32.9 Å². The van der Waals surface area contributed by atoms with Crippen LogP contribution in [0, 0.1) is 0 Å². The van der Waals surface area contributed by atoms with Gasteiger partial charge in [-0.25, -0.2) is 0 Å². The molecule has 3 aliphatic carbocycles. The topological polar surface area (TPSA) is 9.86 Å². The minimum absolute atomic E-state index is 0.492. The van der Waals surface area contributed by atoms with E-state index in [2.05, 4.69) is 252 Å². The zero-order valence-corrected chi connectivity index (χ0v) is 37.0. The molecule has 0 aliphatic heterocycles. The Bertz CT molecular complexity index is 4240. The van der Waals surface area contributed by atoms with Crippen molar-refractivity contribution in [2.75, 3.05) is 0 Å². The third-order valence-electron chi connectivity index (χ3n) is 16.2. The molecule has 0 N–H and O–H groups in total. The molecule has 2 nitrogen and oxygen atoms in total. The summed E-state index contributed by atoms with van der Waals surface area (Å²) < 4.78 is 5.00. The van der Waals surface area contributed by atoms with Gasteiger partial charge >= 0.3 is 0 Å². The second kappa shape index (κ2) is 13.0. The van der Waals surface area contributed by atoms with Gasteiger partial charge in [-0.3, -0.25) is 0 Å². The fraction of sp³-hybridized carbons (Fsp3) is 0.0303. The largest absolute Gasteiger partial charge is 0.309 e. The third kappa shape index (κ3) is 4.26. The van der Waals surface area contributed by atoms with Crippen LogP contribution in [0.1, 0.15) is 44.5 Å². The van der Waals surface area contributed by atoms with Gasteiger partial charge in [-0.05, 0) is 126 Å². The summed E-state index contributed by atoms with van der Waals surface area (Å²) in [5.41, 5.74) is 22.0. The first-order valence-corrected chi connectivity index (χ1v) is 23.8. The maximum Gasteiger partial charge on any atom is 0.0720 e. The first-order chi connectivity index (χ1) is 33.8. The molecule has 0 atom stereocenters. The zero-order valence-electron chi connectivity index (χ0n) is 37.0. The van der Waals surface area contributed by atoms with Crippen molar-refractivity contribution in [2.24, 2.45) is 0 Å². The van der Waals surface area contributed by atoms with Crippen LogP contribution in [-0.2, 0) is 10.8 Å². The Hall–Kier alpha value is -8.72. The van der Waals surface area contributed by atoms with E-state index in [0.717, 1.165) is 11.4 Å². The van der Waals surface area contributed by atoms with Crippen LogP contribution in [0.2, 0.25) is 0 Å². The molecule has 3 aliphatic rings. The Balaban J connectivity index is 1.06. The highest BCUT2D eigenvalue weighted by Gasteiger charge is 2.59. The highest BCUT2D eigenvalue weighted by atomic mass is 15.0. The van der Waals surface area contributed by atoms with E-state index in [1.807, 2.05) is 0 Å². The van der Waals surface area contributed by atoms with E-state index < -0.39 is 10.8 Å². The van der Waals surface area contributed by atoms with Crippen LogP contribution in [0.5, 0.6) is 0 Å². The predicted octanol–water partition coefficient (Wildman–Crippen LogP) is 16.1. The molecule has 0 bridgehead atoms. The molecule has 2 spiro atoms. The average Bonchev–Trinajstić information content (AvgIpc) is 4.10. The molecular formula is C66H40N2. The van der Waals surface area contributed by atoms with E-state index in [1.54, 1.807) is 0 Å². The summed E-state index contributed by atoms with van der Waals surface area (Å²) in [5.74, 6) is 0. The van der Waals surface area contributed by atoms with Gasteiger partial charge in [0.05, 0.1) is 32.9 Å². The Morgan fingerprint density at radius 2 is 0.706 bits per heavy atom. The normalized spacial score (nSPS) is 14.4.